The summed E-state index contributed by atoms with van der Waals surface area (Å²) in [5, 5.41) is 1.14. The third-order valence-corrected chi connectivity index (χ3v) is 7.09. The average Bonchev–Trinajstić information content (AvgIpc) is 3.03. The lowest BCUT2D eigenvalue weighted by molar-refractivity contribution is 0.293. The third-order valence-electron chi connectivity index (χ3n) is 6.85. The lowest BCUT2D eigenvalue weighted by atomic mass is 10.1. The second kappa shape index (κ2) is 12.5. The molecule has 0 aliphatic heterocycles. The van der Waals surface area contributed by atoms with Crippen LogP contribution in [-0.4, -0.2) is 51.7 Å². The highest BCUT2D eigenvalue weighted by Crippen LogP contribution is 2.44. The molecule has 224 valence electrons. The highest BCUT2D eigenvalue weighted by molar-refractivity contribution is 6.31. The number of benzene rings is 3. The van der Waals surface area contributed by atoms with Gasteiger partial charge in [-0.25, -0.2) is 4.98 Å². The van der Waals surface area contributed by atoms with Gasteiger partial charge in [0, 0.05) is 29.3 Å². The zero-order chi connectivity index (χ0) is 30.7. The molecule has 0 radical (unpaired) electrons. The molecular formula is C31H29ClN2O9. The zero-order valence-electron chi connectivity index (χ0n) is 24.2. The quantitative estimate of drug-likeness (QED) is 0.182. The van der Waals surface area contributed by atoms with Gasteiger partial charge in [0.1, 0.15) is 22.5 Å². The van der Waals surface area contributed by atoms with E-state index in [0.29, 0.717) is 57.5 Å². The van der Waals surface area contributed by atoms with Crippen LogP contribution in [0.25, 0.3) is 33.2 Å². The van der Waals surface area contributed by atoms with E-state index in [1.807, 2.05) is 0 Å². The van der Waals surface area contributed by atoms with E-state index in [2.05, 4.69) is 4.98 Å². The minimum Gasteiger partial charge on any atom is -0.496 e. The van der Waals surface area contributed by atoms with Gasteiger partial charge in [0.05, 0.1) is 59.4 Å². The van der Waals surface area contributed by atoms with E-state index in [4.69, 9.17) is 44.4 Å². The minimum absolute atomic E-state index is 0.0520. The van der Waals surface area contributed by atoms with Crippen LogP contribution >= 0.6 is 11.6 Å². The summed E-state index contributed by atoms with van der Waals surface area (Å²) >= 11 is 6.03. The molecule has 5 aromatic rings. The second-order valence-electron chi connectivity index (χ2n) is 9.31. The molecule has 0 aliphatic carbocycles. The molecule has 11 nitrogen and oxygen atoms in total. The number of halogens is 1. The largest absolute Gasteiger partial charge is 0.496 e. The fourth-order valence-corrected chi connectivity index (χ4v) is 4.92. The SMILES string of the molecule is COc1cc(OC)c2c(=O)c(OCCCn3cnc4cc(Cl)ccc4c3=O)c(-c3cc(OC)c(OC)c(OC)c3)oc2c1. The van der Waals surface area contributed by atoms with E-state index in [0.717, 1.165) is 0 Å². The third kappa shape index (κ3) is 5.63. The van der Waals surface area contributed by atoms with Crippen molar-refractivity contribution in [3.05, 3.63) is 74.4 Å². The number of nitrogens with zero attached hydrogens (tertiary/aromatic N) is 2. The van der Waals surface area contributed by atoms with Crippen molar-refractivity contribution in [2.75, 3.05) is 42.2 Å². The average molecular weight is 609 g/mol. The van der Waals surface area contributed by atoms with Gasteiger partial charge in [-0.2, -0.15) is 0 Å². The molecule has 43 heavy (non-hydrogen) atoms. The molecule has 0 bridgehead atoms. The van der Waals surface area contributed by atoms with Crippen LogP contribution < -0.4 is 39.4 Å². The molecule has 0 fully saturated rings. The van der Waals surface area contributed by atoms with Gasteiger partial charge in [-0.05, 0) is 36.8 Å². The fraction of sp³-hybridized carbons (Fsp3) is 0.258. The van der Waals surface area contributed by atoms with Crippen molar-refractivity contribution < 1.29 is 32.8 Å². The molecule has 0 saturated heterocycles. The van der Waals surface area contributed by atoms with Crippen LogP contribution in [0.1, 0.15) is 6.42 Å². The number of ether oxygens (including phenoxy) is 6. The van der Waals surface area contributed by atoms with E-state index in [9.17, 15) is 9.59 Å². The van der Waals surface area contributed by atoms with Gasteiger partial charge in [-0.3, -0.25) is 14.2 Å². The fourth-order valence-electron chi connectivity index (χ4n) is 4.76. The maximum Gasteiger partial charge on any atom is 0.261 e. The topological polar surface area (TPSA) is 120 Å². The van der Waals surface area contributed by atoms with Crippen LogP contribution in [0.5, 0.6) is 34.5 Å². The number of aryl methyl sites for hydroxylation is 1. The first kappa shape index (κ1) is 29.6. The highest BCUT2D eigenvalue weighted by Gasteiger charge is 2.24. The Morgan fingerprint density at radius 1 is 0.837 bits per heavy atom. The van der Waals surface area contributed by atoms with Gasteiger partial charge in [0.15, 0.2) is 17.3 Å². The molecule has 12 heteroatoms. The number of methoxy groups -OCH3 is 5. The van der Waals surface area contributed by atoms with Gasteiger partial charge < -0.3 is 32.8 Å². The Morgan fingerprint density at radius 2 is 1.56 bits per heavy atom. The first-order valence-electron chi connectivity index (χ1n) is 13.1. The number of fused-ring (bicyclic) bond motifs is 2. The van der Waals surface area contributed by atoms with Crippen LogP contribution in [0.3, 0.4) is 0 Å². The first-order chi connectivity index (χ1) is 20.8. The lowest BCUT2D eigenvalue weighted by Gasteiger charge is -2.17. The Bertz CT molecular complexity index is 1910. The molecule has 0 aliphatic rings. The highest BCUT2D eigenvalue weighted by atomic mass is 35.5. The van der Waals surface area contributed by atoms with Crippen molar-refractivity contribution in [1.29, 1.82) is 0 Å². The van der Waals surface area contributed by atoms with Crippen molar-refractivity contribution in [3.63, 3.8) is 0 Å². The Morgan fingerprint density at radius 3 is 2.21 bits per heavy atom. The van der Waals surface area contributed by atoms with E-state index in [1.54, 1.807) is 42.5 Å². The van der Waals surface area contributed by atoms with E-state index >= 15 is 0 Å². The summed E-state index contributed by atoms with van der Waals surface area (Å²) in [6.07, 6.45) is 1.84. The van der Waals surface area contributed by atoms with E-state index in [1.165, 1.54) is 46.4 Å². The van der Waals surface area contributed by atoms with Gasteiger partial charge in [0.25, 0.3) is 5.56 Å². The first-order valence-corrected chi connectivity index (χ1v) is 13.5. The van der Waals surface area contributed by atoms with Crippen molar-refractivity contribution >= 4 is 33.5 Å². The molecular weight excluding hydrogens is 580 g/mol. The molecule has 2 heterocycles. The molecule has 0 unspecified atom stereocenters. The summed E-state index contributed by atoms with van der Waals surface area (Å²) in [5.41, 5.74) is 0.527. The molecule has 0 atom stereocenters. The smallest absolute Gasteiger partial charge is 0.261 e. The predicted octanol–water partition coefficient (Wildman–Crippen LogP) is 5.34. The Labute approximate surface area is 251 Å². The van der Waals surface area contributed by atoms with Crippen molar-refractivity contribution in [2.45, 2.75) is 13.0 Å². The Hall–Kier alpha value is -4.90. The predicted molar refractivity (Wildman–Crippen MR) is 162 cm³/mol. The summed E-state index contributed by atoms with van der Waals surface area (Å²) in [5.74, 6) is 1.88. The maximum atomic E-state index is 14.0. The lowest BCUT2D eigenvalue weighted by Crippen LogP contribution is -2.22. The Kier molecular flexibility index (Phi) is 8.63. The van der Waals surface area contributed by atoms with Crippen LogP contribution in [0, 0.1) is 0 Å². The summed E-state index contributed by atoms with van der Waals surface area (Å²) in [6, 6.07) is 11.4. The molecule has 0 saturated carbocycles. The Balaban J connectivity index is 1.56. The van der Waals surface area contributed by atoms with Gasteiger partial charge in [0.2, 0.25) is 16.9 Å². The van der Waals surface area contributed by atoms with Gasteiger partial charge in [-0.1, -0.05) is 11.6 Å². The monoisotopic (exact) mass is 608 g/mol. The summed E-state index contributed by atoms with van der Waals surface area (Å²) < 4.78 is 41.2. The van der Waals surface area contributed by atoms with Gasteiger partial charge in [-0.15, -0.1) is 0 Å². The molecule has 0 spiro atoms. The number of rotatable bonds is 11. The minimum atomic E-state index is -0.453. The number of hydrogen-bond acceptors (Lipinski definition) is 10. The number of hydrogen-bond donors (Lipinski definition) is 0. The van der Waals surface area contributed by atoms with Crippen molar-refractivity contribution in [2.24, 2.45) is 0 Å². The number of aromatic nitrogens is 2. The normalized spacial score (nSPS) is 11.0. The standard InChI is InChI=1S/C31H29ClN2O9/c1-37-19-14-22(38-2)26-23(15-19)43-28(17-11-24(39-3)29(41-5)25(12-17)40-4)30(27(26)35)42-10-6-9-34-16-33-21-13-18(32)7-8-20(21)31(34)36/h7-8,11-16H,6,9-10H2,1-5H3. The maximum absolute atomic E-state index is 14.0. The zero-order valence-corrected chi connectivity index (χ0v) is 24.9. The molecule has 3 aromatic carbocycles. The van der Waals surface area contributed by atoms with E-state index in [-0.39, 0.29) is 40.4 Å². The van der Waals surface area contributed by atoms with Crippen LogP contribution in [0.2, 0.25) is 5.02 Å². The van der Waals surface area contributed by atoms with Crippen LogP contribution in [0.4, 0.5) is 0 Å². The second-order valence-corrected chi connectivity index (χ2v) is 9.75. The van der Waals surface area contributed by atoms with E-state index < -0.39 is 5.43 Å². The summed E-state index contributed by atoms with van der Waals surface area (Å²) in [6.45, 7) is 0.376. The van der Waals surface area contributed by atoms with Crippen molar-refractivity contribution in [3.8, 4) is 45.8 Å². The molecule has 5 rings (SSSR count). The van der Waals surface area contributed by atoms with Crippen LogP contribution in [-0.2, 0) is 6.54 Å². The van der Waals surface area contributed by atoms with Gasteiger partial charge >= 0.3 is 0 Å². The molecule has 0 amide bonds. The molecule has 0 N–H and O–H groups in total. The molecule has 2 aromatic heterocycles. The van der Waals surface area contributed by atoms with Crippen LogP contribution in [0.15, 0.2) is 62.8 Å². The van der Waals surface area contributed by atoms with Crippen molar-refractivity contribution in [1.82, 2.24) is 9.55 Å². The summed E-state index contributed by atoms with van der Waals surface area (Å²) in [7, 11) is 7.42. The summed E-state index contributed by atoms with van der Waals surface area (Å²) in [4.78, 5) is 31.2.